The molecule has 0 atom stereocenters. The van der Waals surface area contributed by atoms with Crippen molar-refractivity contribution in [2.45, 2.75) is 20.3 Å². The van der Waals surface area contributed by atoms with Gasteiger partial charge in [-0.05, 0) is 30.7 Å². The van der Waals surface area contributed by atoms with Gasteiger partial charge in [-0.1, -0.05) is 25.4 Å². The van der Waals surface area contributed by atoms with Crippen LogP contribution in [0.2, 0.25) is 5.02 Å². The summed E-state index contributed by atoms with van der Waals surface area (Å²) in [5, 5.41) is 3.64. The van der Waals surface area contributed by atoms with Crippen molar-refractivity contribution >= 4 is 29.2 Å². The first-order valence-electron chi connectivity index (χ1n) is 8.80. The summed E-state index contributed by atoms with van der Waals surface area (Å²) >= 11 is 5.94. The van der Waals surface area contributed by atoms with Gasteiger partial charge in [-0.25, -0.2) is 0 Å². The summed E-state index contributed by atoms with van der Waals surface area (Å²) in [6.07, 6.45) is 0.796. The Hall–Kier alpha value is -1.95. The smallest absolute Gasteiger partial charge is 0.222 e. The molecule has 1 aromatic carbocycles. The van der Waals surface area contributed by atoms with Gasteiger partial charge in [-0.3, -0.25) is 9.79 Å². The summed E-state index contributed by atoms with van der Waals surface area (Å²) in [7, 11) is 0. The number of hydrogen-bond donors (Lipinski definition) is 2. The van der Waals surface area contributed by atoms with Crippen LogP contribution in [-0.2, 0) is 4.79 Å². The van der Waals surface area contributed by atoms with Gasteiger partial charge in [0.15, 0.2) is 5.96 Å². The van der Waals surface area contributed by atoms with Crippen molar-refractivity contribution in [3.63, 3.8) is 0 Å². The van der Waals surface area contributed by atoms with Gasteiger partial charge in [0.05, 0.1) is 0 Å². The molecule has 1 aliphatic heterocycles. The molecule has 3 N–H and O–H groups in total. The first kappa shape index (κ1) is 19.4. The van der Waals surface area contributed by atoms with Gasteiger partial charge in [-0.15, -0.1) is 0 Å². The van der Waals surface area contributed by atoms with E-state index in [0.717, 1.165) is 37.6 Å². The zero-order chi connectivity index (χ0) is 18.2. The Morgan fingerprint density at radius 2 is 1.88 bits per heavy atom. The number of nitrogens with one attached hydrogen (secondary N) is 1. The van der Waals surface area contributed by atoms with Crippen molar-refractivity contribution in [3.05, 3.63) is 29.3 Å². The highest BCUT2D eigenvalue weighted by molar-refractivity contribution is 6.30. The molecule has 1 saturated heterocycles. The molecular formula is C18H28ClN5O. The van der Waals surface area contributed by atoms with E-state index < -0.39 is 0 Å². The molecule has 0 aliphatic carbocycles. The van der Waals surface area contributed by atoms with Crippen LogP contribution >= 0.6 is 11.6 Å². The fourth-order valence-electron chi connectivity index (χ4n) is 2.63. The van der Waals surface area contributed by atoms with Crippen LogP contribution in [0.3, 0.4) is 0 Å². The van der Waals surface area contributed by atoms with Crippen LogP contribution < -0.4 is 16.0 Å². The number of piperazine rings is 1. The topological polar surface area (TPSA) is 74.0 Å². The Kier molecular flexibility index (Phi) is 7.37. The molecule has 7 heteroatoms. The monoisotopic (exact) mass is 365 g/mol. The Labute approximate surface area is 155 Å². The van der Waals surface area contributed by atoms with E-state index >= 15 is 0 Å². The fourth-order valence-corrected chi connectivity index (χ4v) is 2.76. The molecule has 0 unspecified atom stereocenters. The van der Waals surface area contributed by atoms with Gasteiger partial charge in [0.25, 0.3) is 0 Å². The molecule has 0 radical (unpaired) electrons. The van der Waals surface area contributed by atoms with Crippen molar-refractivity contribution in [2.75, 3.05) is 44.2 Å². The number of benzene rings is 1. The molecule has 25 heavy (non-hydrogen) atoms. The van der Waals surface area contributed by atoms with Crippen molar-refractivity contribution in [1.29, 1.82) is 0 Å². The molecule has 1 aromatic rings. The molecule has 138 valence electrons. The van der Waals surface area contributed by atoms with E-state index in [0.29, 0.717) is 19.0 Å². The van der Waals surface area contributed by atoms with Crippen molar-refractivity contribution in [2.24, 2.45) is 16.6 Å². The molecule has 1 aliphatic rings. The predicted octanol–water partition coefficient (Wildman–Crippen LogP) is 1.94. The number of aliphatic imine (C=N–C) groups is 1. The fraction of sp³-hybridized carbons (Fsp3) is 0.556. The summed E-state index contributed by atoms with van der Waals surface area (Å²) in [5.41, 5.74) is 7.28. The number of nitrogens with two attached hydrogens (primary N) is 1. The number of hydrogen-bond acceptors (Lipinski definition) is 3. The number of carbonyl (C=O) groups is 1. The summed E-state index contributed by atoms with van der Waals surface area (Å²) < 4.78 is 0. The van der Waals surface area contributed by atoms with Crippen LogP contribution in [0.25, 0.3) is 0 Å². The summed E-state index contributed by atoms with van der Waals surface area (Å²) in [5.74, 6) is 0.687. The maximum Gasteiger partial charge on any atom is 0.222 e. The molecule has 0 aromatic heterocycles. The number of nitrogens with zero attached hydrogens (tertiary/aromatic N) is 3. The Bertz CT molecular complexity index is 580. The first-order chi connectivity index (χ1) is 12.0. The van der Waals surface area contributed by atoms with Crippen LogP contribution in [0, 0.1) is 5.92 Å². The Morgan fingerprint density at radius 3 is 2.48 bits per heavy atom. The minimum atomic E-state index is 0.0190. The van der Waals surface area contributed by atoms with E-state index in [2.05, 4.69) is 20.1 Å². The largest absolute Gasteiger partial charge is 0.370 e. The van der Waals surface area contributed by atoms with Gasteiger partial charge in [-0.2, -0.15) is 0 Å². The number of halogens is 1. The van der Waals surface area contributed by atoms with Crippen LogP contribution in [0.1, 0.15) is 20.3 Å². The van der Waals surface area contributed by atoms with Crippen LogP contribution in [0.5, 0.6) is 0 Å². The maximum atomic E-state index is 11.5. The zero-order valence-corrected chi connectivity index (χ0v) is 15.8. The van der Waals surface area contributed by atoms with Crippen LogP contribution in [0.4, 0.5) is 5.69 Å². The number of rotatable bonds is 6. The second kappa shape index (κ2) is 9.51. The lowest BCUT2D eigenvalue weighted by atomic mass is 10.2. The van der Waals surface area contributed by atoms with Gasteiger partial charge < -0.3 is 20.9 Å². The highest BCUT2D eigenvalue weighted by atomic mass is 35.5. The van der Waals surface area contributed by atoms with E-state index in [9.17, 15) is 4.79 Å². The third-order valence-corrected chi connectivity index (χ3v) is 4.48. The number of carbonyl (C=O) groups excluding carboxylic acids is 1. The number of anilines is 1. The summed E-state index contributed by atoms with van der Waals surface area (Å²) in [6, 6.07) is 7.91. The lowest BCUT2D eigenvalue weighted by Gasteiger charge is -2.36. The van der Waals surface area contributed by atoms with Crippen molar-refractivity contribution in [3.8, 4) is 0 Å². The predicted molar refractivity (Wildman–Crippen MR) is 104 cm³/mol. The lowest BCUT2D eigenvalue weighted by molar-refractivity contribution is -0.123. The molecule has 6 nitrogen and oxygen atoms in total. The van der Waals surface area contributed by atoms with Gasteiger partial charge in [0.2, 0.25) is 5.91 Å². The van der Waals surface area contributed by atoms with E-state index in [-0.39, 0.29) is 11.8 Å². The van der Waals surface area contributed by atoms with E-state index in [1.54, 1.807) is 0 Å². The third kappa shape index (κ3) is 6.12. The van der Waals surface area contributed by atoms with Crippen LogP contribution in [0.15, 0.2) is 29.3 Å². The maximum absolute atomic E-state index is 11.5. The molecular weight excluding hydrogens is 338 g/mol. The average Bonchev–Trinajstić information content (AvgIpc) is 2.61. The molecule has 2 rings (SSSR count). The lowest BCUT2D eigenvalue weighted by Crippen LogP contribution is -2.51. The van der Waals surface area contributed by atoms with Crippen molar-refractivity contribution < 1.29 is 4.79 Å². The highest BCUT2D eigenvalue weighted by Crippen LogP contribution is 2.19. The second-order valence-electron chi connectivity index (χ2n) is 6.49. The molecule has 0 spiro atoms. The standard InChI is InChI=1S/C18H28ClN5O/c1-14(2)17(25)21-8-3-9-22-18(20)24-12-10-23(11-13-24)16-6-4-15(19)5-7-16/h4-7,14H,3,8-13H2,1-2H3,(H2,20,22)(H,21,25). The minimum Gasteiger partial charge on any atom is -0.370 e. The summed E-state index contributed by atoms with van der Waals surface area (Å²) in [6.45, 7) is 8.54. The second-order valence-corrected chi connectivity index (χ2v) is 6.93. The molecule has 1 heterocycles. The van der Waals surface area contributed by atoms with Gasteiger partial charge >= 0.3 is 0 Å². The quantitative estimate of drug-likeness (QED) is 0.459. The Balaban J connectivity index is 1.70. The van der Waals surface area contributed by atoms with E-state index in [1.165, 1.54) is 5.69 Å². The zero-order valence-electron chi connectivity index (χ0n) is 15.0. The average molecular weight is 366 g/mol. The molecule has 1 amide bonds. The highest BCUT2D eigenvalue weighted by Gasteiger charge is 2.18. The van der Waals surface area contributed by atoms with Gasteiger partial charge in [0, 0.05) is 55.9 Å². The van der Waals surface area contributed by atoms with Gasteiger partial charge in [0.1, 0.15) is 0 Å². The van der Waals surface area contributed by atoms with E-state index in [4.69, 9.17) is 17.3 Å². The summed E-state index contributed by atoms with van der Waals surface area (Å²) in [4.78, 5) is 20.3. The minimum absolute atomic E-state index is 0.0190. The molecule has 1 fully saturated rings. The van der Waals surface area contributed by atoms with Crippen molar-refractivity contribution in [1.82, 2.24) is 10.2 Å². The third-order valence-electron chi connectivity index (χ3n) is 4.23. The number of amides is 1. The van der Waals surface area contributed by atoms with E-state index in [1.807, 2.05) is 38.1 Å². The molecule has 0 saturated carbocycles. The number of guanidine groups is 1. The SMILES string of the molecule is CC(C)C(=O)NCCCN=C(N)N1CCN(c2ccc(Cl)cc2)CC1. The molecule has 0 bridgehead atoms. The Morgan fingerprint density at radius 1 is 1.24 bits per heavy atom. The van der Waals surface area contributed by atoms with Crippen LogP contribution in [-0.4, -0.2) is 56.0 Å². The normalized spacial score (nSPS) is 15.6. The first-order valence-corrected chi connectivity index (χ1v) is 9.18.